The van der Waals surface area contributed by atoms with Crippen LogP contribution < -0.4 is 10.6 Å². The minimum atomic E-state index is -1.32. The number of fused-ring (bicyclic) bond motifs is 3. The summed E-state index contributed by atoms with van der Waals surface area (Å²) in [6.45, 7) is 1.71. The van der Waals surface area contributed by atoms with Crippen LogP contribution in [0.1, 0.15) is 56.1 Å². The van der Waals surface area contributed by atoms with E-state index in [4.69, 9.17) is 4.74 Å². The molecule has 7 nitrogen and oxygen atoms in total. The third-order valence-electron chi connectivity index (χ3n) is 7.54. The van der Waals surface area contributed by atoms with Crippen molar-refractivity contribution in [3.05, 3.63) is 59.7 Å². The lowest BCUT2D eigenvalue weighted by Crippen LogP contribution is -2.67. The molecule has 172 valence electrons. The lowest BCUT2D eigenvalue weighted by atomic mass is 9.75. The molecule has 2 fully saturated rings. The first-order chi connectivity index (χ1) is 15.8. The van der Waals surface area contributed by atoms with Crippen LogP contribution in [0.5, 0.6) is 0 Å². The molecule has 0 heterocycles. The molecule has 1 atom stereocenters. The second-order valence-electron chi connectivity index (χ2n) is 9.62. The van der Waals surface area contributed by atoms with Crippen LogP contribution in [0.25, 0.3) is 11.1 Å². The molecule has 3 aliphatic rings. The van der Waals surface area contributed by atoms with Crippen LogP contribution in [-0.2, 0) is 14.3 Å². The third-order valence-corrected chi connectivity index (χ3v) is 7.54. The van der Waals surface area contributed by atoms with Gasteiger partial charge in [0.1, 0.15) is 17.7 Å². The highest BCUT2D eigenvalue weighted by molar-refractivity contribution is 5.95. The Bertz CT molecular complexity index is 1080. The first-order valence-electron chi connectivity index (χ1n) is 11.5. The summed E-state index contributed by atoms with van der Waals surface area (Å²) in [5.74, 6) is -1.64. The fourth-order valence-electron chi connectivity index (χ4n) is 5.12. The van der Waals surface area contributed by atoms with E-state index in [1.165, 1.54) is 0 Å². The van der Waals surface area contributed by atoms with E-state index in [0.29, 0.717) is 12.8 Å². The molecule has 0 aliphatic heterocycles. The average Bonchev–Trinajstić information content (AvgIpc) is 3.58. The van der Waals surface area contributed by atoms with Crippen LogP contribution >= 0.6 is 0 Å². The number of carboxylic acid groups (broad SMARTS) is 1. The standard InChI is InChI=1S/C26H28N2O5/c1-25(23(30)31,16-11-12-16)27-22(29)26(13-6-14-26)28-24(32)33-15-21-19-9-4-2-7-17(19)18-8-3-5-10-20(18)21/h2-5,7-10,16,21H,6,11-15H2,1H3,(H,27,29)(H,28,32)(H,30,31). The van der Waals surface area contributed by atoms with Gasteiger partial charge in [-0.1, -0.05) is 48.5 Å². The second-order valence-corrected chi connectivity index (χ2v) is 9.62. The van der Waals surface area contributed by atoms with Crippen LogP contribution in [0.2, 0.25) is 0 Å². The Morgan fingerprint density at radius 3 is 2.09 bits per heavy atom. The number of rotatable bonds is 7. The molecule has 33 heavy (non-hydrogen) atoms. The first kappa shape index (κ1) is 21.5. The van der Waals surface area contributed by atoms with E-state index in [-0.39, 0.29) is 18.4 Å². The van der Waals surface area contributed by atoms with Gasteiger partial charge in [0.2, 0.25) is 5.91 Å². The number of nitrogens with one attached hydrogen (secondary N) is 2. The molecule has 0 spiro atoms. The van der Waals surface area contributed by atoms with Gasteiger partial charge in [-0.25, -0.2) is 9.59 Å². The van der Waals surface area contributed by atoms with E-state index in [1.807, 2.05) is 36.4 Å². The maximum Gasteiger partial charge on any atom is 0.408 e. The number of alkyl carbamates (subject to hydrolysis) is 1. The van der Waals surface area contributed by atoms with Crippen LogP contribution in [0, 0.1) is 5.92 Å². The van der Waals surface area contributed by atoms with Crippen molar-refractivity contribution in [3.63, 3.8) is 0 Å². The van der Waals surface area contributed by atoms with Crippen molar-refractivity contribution in [2.45, 2.75) is 56.0 Å². The zero-order valence-electron chi connectivity index (χ0n) is 18.6. The summed E-state index contributed by atoms with van der Waals surface area (Å²) in [5, 5.41) is 15.1. The van der Waals surface area contributed by atoms with Crippen LogP contribution in [0.3, 0.4) is 0 Å². The van der Waals surface area contributed by atoms with Gasteiger partial charge in [-0.2, -0.15) is 0 Å². The lowest BCUT2D eigenvalue weighted by Gasteiger charge is -2.42. The lowest BCUT2D eigenvalue weighted by molar-refractivity contribution is -0.149. The smallest absolute Gasteiger partial charge is 0.408 e. The molecule has 2 saturated carbocycles. The molecule has 3 aliphatic carbocycles. The maximum absolute atomic E-state index is 13.1. The normalized spacial score (nSPS) is 19.9. The number of carboxylic acids is 1. The molecule has 2 amide bonds. The van der Waals surface area contributed by atoms with Crippen LogP contribution in [0.15, 0.2) is 48.5 Å². The molecule has 1 unspecified atom stereocenters. The van der Waals surface area contributed by atoms with Gasteiger partial charge < -0.3 is 20.5 Å². The van der Waals surface area contributed by atoms with Crippen molar-refractivity contribution in [2.75, 3.05) is 6.61 Å². The average molecular weight is 449 g/mol. The van der Waals surface area contributed by atoms with E-state index in [2.05, 4.69) is 22.8 Å². The molecule has 3 N–H and O–H groups in total. The predicted molar refractivity (Wildman–Crippen MR) is 122 cm³/mol. The highest BCUT2D eigenvalue weighted by Gasteiger charge is 2.53. The summed E-state index contributed by atoms with van der Waals surface area (Å²) >= 11 is 0. The molecule has 5 rings (SSSR count). The topological polar surface area (TPSA) is 105 Å². The number of amides is 2. The van der Waals surface area contributed by atoms with E-state index in [0.717, 1.165) is 41.5 Å². The highest BCUT2D eigenvalue weighted by atomic mass is 16.5. The summed E-state index contributed by atoms with van der Waals surface area (Å²) < 4.78 is 5.61. The minimum Gasteiger partial charge on any atom is -0.480 e. The van der Waals surface area contributed by atoms with Gasteiger partial charge >= 0.3 is 12.1 Å². The van der Waals surface area contributed by atoms with Gasteiger partial charge in [-0.05, 0) is 67.2 Å². The van der Waals surface area contributed by atoms with Crippen molar-refractivity contribution in [1.29, 1.82) is 0 Å². The van der Waals surface area contributed by atoms with Gasteiger partial charge in [0, 0.05) is 5.92 Å². The van der Waals surface area contributed by atoms with E-state index in [1.54, 1.807) is 6.92 Å². The highest BCUT2D eigenvalue weighted by Crippen LogP contribution is 2.45. The molecule has 7 heteroatoms. The quantitative estimate of drug-likeness (QED) is 0.597. The van der Waals surface area contributed by atoms with Gasteiger partial charge in [-0.3, -0.25) is 4.79 Å². The molecular weight excluding hydrogens is 420 g/mol. The maximum atomic E-state index is 13.1. The molecule has 0 bridgehead atoms. The fraction of sp³-hybridized carbons (Fsp3) is 0.423. The summed E-state index contributed by atoms with van der Waals surface area (Å²) in [6, 6.07) is 16.2. The van der Waals surface area contributed by atoms with Crippen molar-refractivity contribution >= 4 is 18.0 Å². The summed E-state index contributed by atoms with van der Waals surface area (Å²) in [4.78, 5) is 37.6. The van der Waals surface area contributed by atoms with Crippen molar-refractivity contribution in [1.82, 2.24) is 10.6 Å². The molecule has 2 aromatic rings. The molecule has 0 saturated heterocycles. The van der Waals surface area contributed by atoms with Crippen LogP contribution in [-0.4, -0.2) is 40.8 Å². The summed E-state index contributed by atoms with van der Waals surface area (Å²) in [6.07, 6.45) is 2.60. The van der Waals surface area contributed by atoms with Gasteiger partial charge in [0.15, 0.2) is 0 Å². The monoisotopic (exact) mass is 448 g/mol. The molecule has 0 radical (unpaired) electrons. The van der Waals surface area contributed by atoms with Crippen molar-refractivity contribution in [2.24, 2.45) is 5.92 Å². The number of hydrogen-bond acceptors (Lipinski definition) is 4. The Kier molecular flexibility index (Phi) is 5.15. The van der Waals surface area contributed by atoms with E-state index in [9.17, 15) is 19.5 Å². The zero-order chi connectivity index (χ0) is 23.2. The zero-order valence-corrected chi connectivity index (χ0v) is 18.6. The number of carbonyl (C=O) groups excluding carboxylic acids is 2. The summed E-state index contributed by atoms with van der Waals surface area (Å²) in [7, 11) is 0. The van der Waals surface area contributed by atoms with Gasteiger partial charge in [-0.15, -0.1) is 0 Å². The van der Waals surface area contributed by atoms with E-state index >= 15 is 0 Å². The Hall–Kier alpha value is -3.35. The predicted octanol–water partition coefficient (Wildman–Crippen LogP) is 3.82. The Morgan fingerprint density at radius 1 is 1.03 bits per heavy atom. The molecular formula is C26H28N2O5. The number of aliphatic carboxylic acids is 1. The largest absolute Gasteiger partial charge is 0.480 e. The van der Waals surface area contributed by atoms with Gasteiger partial charge in [0.05, 0.1) is 0 Å². The van der Waals surface area contributed by atoms with Crippen molar-refractivity contribution < 1.29 is 24.2 Å². The SMILES string of the molecule is CC(NC(=O)C1(NC(=O)OCC2c3ccccc3-c3ccccc32)CCC1)(C(=O)O)C1CC1. The Balaban J connectivity index is 1.26. The number of benzene rings is 2. The third kappa shape index (κ3) is 3.65. The second kappa shape index (κ2) is 7.90. The van der Waals surface area contributed by atoms with Crippen LogP contribution in [0.4, 0.5) is 4.79 Å². The number of ether oxygens (including phenoxy) is 1. The summed E-state index contributed by atoms with van der Waals surface area (Å²) in [5.41, 5.74) is 2.08. The van der Waals surface area contributed by atoms with Gasteiger partial charge in [0.25, 0.3) is 0 Å². The Morgan fingerprint density at radius 2 is 1.61 bits per heavy atom. The number of carbonyl (C=O) groups is 3. The molecule has 0 aromatic heterocycles. The minimum absolute atomic E-state index is 0.0699. The molecule has 2 aromatic carbocycles. The number of hydrogen-bond donors (Lipinski definition) is 3. The first-order valence-corrected chi connectivity index (χ1v) is 11.5. The fourth-order valence-corrected chi connectivity index (χ4v) is 5.12. The Labute approximate surface area is 192 Å². The van der Waals surface area contributed by atoms with Crippen molar-refractivity contribution in [3.8, 4) is 11.1 Å². The van der Waals surface area contributed by atoms with E-state index < -0.39 is 29.0 Å².